The highest BCUT2D eigenvalue weighted by molar-refractivity contribution is 5.76. The zero-order chi connectivity index (χ0) is 14.1. The number of hydrogen-bond donors (Lipinski definition) is 2. The number of rotatable bonds is 8. The van der Waals surface area contributed by atoms with Gasteiger partial charge in [-0.2, -0.15) is 0 Å². The minimum absolute atomic E-state index is 0.106. The van der Waals surface area contributed by atoms with Gasteiger partial charge in [-0.1, -0.05) is 32.0 Å². The van der Waals surface area contributed by atoms with Crippen LogP contribution in [0.25, 0.3) is 0 Å². The predicted molar refractivity (Wildman–Crippen MR) is 80.5 cm³/mol. The monoisotopic (exact) mass is 263 g/mol. The normalized spacial score (nSPS) is 10.5. The van der Waals surface area contributed by atoms with Crippen molar-refractivity contribution in [1.29, 1.82) is 0 Å². The quantitative estimate of drug-likeness (QED) is 0.749. The second kappa shape index (κ2) is 8.53. The van der Waals surface area contributed by atoms with Crippen LogP contribution in [0.15, 0.2) is 30.3 Å². The summed E-state index contributed by atoms with van der Waals surface area (Å²) in [5.74, 6) is 0.106. The standard InChI is InChI=1S/C15H25N3O/c1-13(2)16-10-9-15(19)17-11-12-18(3)14-7-5-4-6-8-14/h4-8,13,16H,9-12H2,1-3H3,(H,17,19). The Bertz CT molecular complexity index is 365. The van der Waals surface area contributed by atoms with Crippen LogP contribution < -0.4 is 15.5 Å². The van der Waals surface area contributed by atoms with Gasteiger partial charge in [0.15, 0.2) is 0 Å². The van der Waals surface area contributed by atoms with Gasteiger partial charge in [0.2, 0.25) is 5.91 Å². The van der Waals surface area contributed by atoms with E-state index in [4.69, 9.17) is 0 Å². The van der Waals surface area contributed by atoms with Crippen LogP contribution in [0.4, 0.5) is 5.69 Å². The molecule has 0 saturated heterocycles. The lowest BCUT2D eigenvalue weighted by Gasteiger charge is -2.19. The molecule has 0 aliphatic rings. The molecule has 2 N–H and O–H groups in total. The van der Waals surface area contributed by atoms with Crippen molar-refractivity contribution in [1.82, 2.24) is 10.6 Å². The molecule has 1 rings (SSSR count). The van der Waals surface area contributed by atoms with Crippen molar-refractivity contribution in [3.8, 4) is 0 Å². The summed E-state index contributed by atoms with van der Waals surface area (Å²) in [6, 6.07) is 10.6. The van der Waals surface area contributed by atoms with Crippen molar-refractivity contribution < 1.29 is 4.79 Å². The highest BCUT2D eigenvalue weighted by atomic mass is 16.1. The molecule has 0 saturated carbocycles. The van der Waals surface area contributed by atoms with Crippen molar-refractivity contribution in [2.75, 3.05) is 31.6 Å². The van der Waals surface area contributed by atoms with Crippen molar-refractivity contribution in [3.63, 3.8) is 0 Å². The third-order valence-electron chi connectivity index (χ3n) is 2.87. The van der Waals surface area contributed by atoms with E-state index in [9.17, 15) is 4.79 Å². The summed E-state index contributed by atoms with van der Waals surface area (Å²) in [4.78, 5) is 13.7. The summed E-state index contributed by atoms with van der Waals surface area (Å²) in [7, 11) is 2.03. The van der Waals surface area contributed by atoms with Crippen LogP contribution >= 0.6 is 0 Å². The first-order chi connectivity index (χ1) is 9.09. The van der Waals surface area contributed by atoms with Gasteiger partial charge in [-0.3, -0.25) is 4.79 Å². The zero-order valence-corrected chi connectivity index (χ0v) is 12.1. The smallest absolute Gasteiger partial charge is 0.221 e. The number of anilines is 1. The first-order valence-electron chi connectivity index (χ1n) is 6.86. The lowest BCUT2D eigenvalue weighted by molar-refractivity contribution is -0.120. The largest absolute Gasteiger partial charge is 0.373 e. The van der Waals surface area contributed by atoms with E-state index in [1.165, 1.54) is 5.69 Å². The first kappa shape index (κ1) is 15.5. The molecular weight excluding hydrogens is 238 g/mol. The van der Waals surface area contributed by atoms with Gasteiger partial charge < -0.3 is 15.5 Å². The van der Waals surface area contributed by atoms with E-state index in [1.54, 1.807) is 0 Å². The van der Waals surface area contributed by atoms with Crippen LogP contribution in [-0.4, -0.2) is 38.6 Å². The predicted octanol–water partition coefficient (Wildman–Crippen LogP) is 1.63. The molecule has 0 radical (unpaired) electrons. The molecule has 1 aromatic rings. The van der Waals surface area contributed by atoms with E-state index in [2.05, 4.69) is 41.5 Å². The van der Waals surface area contributed by atoms with Crippen LogP contribution in [0.3, 0.4) is 0 Å². The summed E-state index contributed by atoms with van der Waals surface area (Å²) >= 11 is 0. The molecule has 19 heavy (non-hydrogen) atoms. The molecule has 106 valence electrons. The molecule has 4 heteroatoms. The Kier molecular flexibility index (Phi) is 6.97. The Labute approximate surface area is 116 Å². The molecule has 0 spiro atoms. The molecule has 0 fully saturated rings. The number of carbonyl (C=O) groups excluding carboxylic acids is 1. The van der Waals surface area contributed by atoms with E-state index in [0.717, 1.165) is 13.1 Å². The van der Waals surface area contributed by atoms with E-state index >= 15 is 0 Å². The van der Waals surface area contributed by atoms with Gasteiger partial charge in [0.1, 0.15) is 0 Å². The Hall–Kier alpha value is -1.55. The van der Waals surface area contributed by atoms with E-state index in [-0.39, 0.29) is 5.91 Å². The number of nitrogens with zero attached hydrogens (tertiary/aromatic N) is 1. The van der Waals surface area contributed by atoms with E-state index < -0.39 is 0 Å². The number of nitrogens with one attached hydrogen (secondary N) is 2. The van der Waals surface area contributed by atoms with Crippen molar-refractivity contribution in [3.05, 3.63) is 30.3 Å². The SMILES string of the molecule is CC(C)NCCC(=O)NCCN(C)c1ccccc1. The summed E-state index contributed by atoms with van der Waals surface area (Å²) in [5, 5.41) is 6.17. The number of benzene rings is 1. The van der Waals surface area contributed by atoms with Crippen molar-refractivity contribution >= 4 is 11.6 Å². The van der Waals surface area contributed by atoms with Gasteiger partial charge in [0.05, 0.1) is 0 Å². The molecule has 0 bridgehead atoms. The highest BCUT2D eigenvalue weighted by Crippen LogP contribution is 2.09. The Morgan fingerprint density at radius 3 is 2.53 bits per heavy atom. The van der Waals surface area contributed by atoms with E-state index in [1.807, 2.05) is 25.2 Å². The van der Waals surface area contributed by atoms with Crippen molar-refractivity contribution in [2.24, 2.45) is 0 Å². The van der Waals surface area contributed by atoms with Gasteiger partial charge in [0, 0.05) is 44.8 Å². The number of likely N-dealkylation sites (N-methyl/N-ethyl adjacent to an activating group) is 1. The maximum atomic E-state index is 11.6. The first-order valence-corrected chi connectivity index (χ1v) is 6.86. The fourth-order valence-electron chi connectivity index (χ4n) is 1.74. The third kappa shape index (κ3) is 6.82. The molecule has 0 aliphatic heterocycles. The molecule has 1 amide bonds. The molecular formula is C15H25N3O. The number of para-hydroxylation sites is 1. The Morgan fingerprint density at radius 1 is 1.21 bits per heavy atom. The Morgan fingerprint density at radius 2 is 1.89 bits per heavy atom. The fourth-order valence-corrected chi connectivity index (χ4v) is 1.74. The molecule has 0 aliphatic carbocycles. The molecule has 4 nitrogen and oxygen atoms in total. The van der Waals surface area contributed by atoms with Crippen LogP contribution in [0.5, 0.6) is 0 Å². The fraction of sp³-hybridized carbons (Fsp3) is 0.533. The average Bonchev–Trinajstić information content (AvgIpc) is 2.39. The minimum Gasteiger partial charge on any atom is -0.373 e. The highest BCUT2D eigenvalue weighted by Gasteiger charge is 2.03. The lowest BCUT2D eigenvalue weighted by Crippen LogP contribution is -2.35. The number of carbonyl (C=O) groups is 1. The summed E-state index contributed by atoms with van der Waals surface area (Å²) in [6.07, 6.45) is 0.535. The zero-order valence-electron chi connectivity index (χ0n) is 12.1. The van der Waals surface area contributed by atoms with Crippen LogP contribution in [0.1, 0.15) is 20.3 Å². The second-order valence-electron chi connectivity index (χ2n) is 4.97. The lowest BCUT2D eigenvalue weighted by atomic mass is 10.3. The molecule has 1 aromatic carbocycles. The summed E-state index contributed by atoms with van der Waals surface area (Å²) in [5.41, 5.74) is 1.17. The maximum Gasteiger partial charge on any atom is 0.221 e. The minimum atomic E-state index is 0.106. The molecule has 0 aromatic heterocycles. The molecule has 0 unspecified atom stereocenters. The number of amides is 1. The van der Waals surface area contributed by atoms with Gasteiger partial charge in [-0.05, 0) is 12.1 Å². The summed E-state index contributed by atoms with van der Waals surface area (Å²) in [6.45, 7) is 6.37. The van der Waals surface area contributed by atoms with Crippen LogP contribution in [-0.2, 0) is 4.79 Å². The van der Waals surface area contributed by atoms with Crippen LogP contribution in [0.2, 0.25) is 0 Å². The topological polar surface area (TPSA) is 44.4 Å². The Balaban J connectivity index is 2.14. The van der Waals surface area contributed by atoms with E-state index in [0.29, 0.717) is 19.0 Å². The van der Waals surface area contributed by atoms with Crippen molar-refractivity contribution in [2.45, 2.75) is 26.3 Å². The second-order valence-corrected chi connectivity index (χ2v) is 4.97. The van der Waals surface area contributed by atoms with Gasteiger partial charge >= 0.3 is 0 Å². The van der Waals surface area contributed by atoms with Gasteiger partial charge in [0.25, 0.3) is 0 Å². The molecule has 0 heterocycles. The average molecular weight is 263 g/mol. The molecule has 0 atom stereocenters. The summed E-state index contributed by atoms with van der Waals surface area (Å²) < 4.78 is 0. The number of hydrogen-bond acceptors (Lipinski definition) is 3. The maximum absolute atomic E-state index is 11.6. The van der Waals surface area contributed by atoms with Gasteiger partial charge in [-0.25, -0.2) is 0 Å². The van der Waals surface area contributed by atoms with Crippen LogP contribution in [0, 0.1) is 0 Å². The van der Waals surface area contributed by atoms with Gasteiger partial charge in [-0.15, -0.1) is 0 Å². The third-order valence-corrected chi connectivity index (χ3v) is 2.87.